The molecule has 0 aliphatic carbocycles. The minimum atomic E-state index is -0.223. The normalized spacial score (nSPS) is 14.7. The van der Waals surface area contributed by atoms with Gasteiger partial charge in [-0.05, 0) is 24.3 Å². The van der Waals surface area contributed by atoms with Crippen LogP contribution in [0.2, 0.25) is 0 Å². The molecule has 0 radical (unpaired) electrons. The Hall–Kier alpha value is -2.08. The van der Waals surface area contributed by atoms with Crippen molar-refractivity contribution in [2.75, 3.05) is 36.8 Å². The van der Waals surface area contributed by atoms with Crippen LogP contribution in [-0.2, 0) is 4.79 Å². The number of benzene rings is 1. The van der Waals surface area contributed by atoms with Crippen LogP contribution in [0.4, 0.5) is 10.2 Å². The average molecular weight is 345 g/mol. The van der Waals surface area contributed by atoms with E-state index in [4.69, 9.17) is 0 Å². The Labute approximate surface area is 145 Å². The van der Waals surface area contributed by atoms with E-state index in [0.29, 0.717) is 30.2 Å². The van der Waals surface area contributed by atoms with Crippen molar-refractivity contribution < 1.29 is 9.18 Å². The lowest BCUT2D eigenvalue weighted by atomic mass is 10.3. The number of pyridine rings is 1. The molecule has 0 unspecified atom stereocenters. The standard InChI is InChI=1S/C18H20FN3OS/c19-15-5-1-2-6-16(15)24-14-8-18(23)22-12-10-21(11-13-22)17-7-3-4-9-20-17/h1-7,9H,8,10-14H2. The molecule has 1 aromatic carbocycles. The second-order valence-electron chi connectivity index (χ2n) is 5.58. The van der Waals surface area contributed by atoms with Gasteiger partial charge in [-0.3, -0.25) is 4.79 Å². The van der Waals surface area contributed by atoms with Crippen LogP contribution < -0.4 is 4.90 Å². The smallest absolute Gasteiger partial charge is 0.223 e. The number of thioether (sulfide) groups is 1. The number of piperazine rings is 1. The third kappa shape index (κ3) is 4.26. The zero-order valence-electron chi connectivity index (χ0n) is 13.4. The van der Waals surface area contributed by atoms with Gasteiger partial charge in [-0.15, -0.1) is 11.8 Å². The number of amides is 1. The van der Waals surface area contributed by atoms with E-state index in [1.807, 2.05) is 29.2 Å². The number of halogens is 1. The van der Waals surface area contributed by atoms with Crippen molar-refractivity contribution in [3.8, 4) is 0 Å². The van der Waals surface area contributed by atoms with Crippen LogP contribution in [0.1, 0.15) is 6.42 Å². The van der Waals surface area contributed by atoms with Gasteiger partial charge in [0.25, 0.3) is 0 Å². The molecule has 1 aliphatic rings. The summed E-state index contributed by atoms with van der Waals surface area (Å²) in [6.45, 7) is 3.01. The first kappa shape index (κ1) is 16.8. The average Bonchev–Trinajstić information content (AvgIpc) is 2.64. The highest BCUT2D eigenvalue weighted by atomic mass is 32.2. The molecule has 1 saturated heterocycles. The van der Waals surface area contributed by atoms with E-state index >= 15 is 0 Å². The molecule has 1 aromatic heterocycles. The minimum Gasteiger partial charge on any atom is -0.353 e. The largest absolute Gasteiger partial charge is 0.353 e. The Morgan fingerprint density at radius 2 is 1.83 bits per heavy atom. The summed E-state index contributed by atoms with van der Waals surface area (Å²) in [5.41, 5.74) is 0. The first-order valence-electron chi connectivity index (χ1n) is 8.05. The lowest BCUT2D eigenvalue weighted by Gasteiger charge is -2.35. The molecule has 0 spiro atoms. The number of nitrogens with zero attached hydrogens (tertiary/aromatic N) is 3. The van der Waals surface area contributed by atoms with Crippen LogP contribution in [0.5, 0.6) is 0 Å². The Morgan fingerprint density at radius 3 is 2.54 bits per heavy atom. The summed E-state index contributed by atoms with van der Waals surface area (Å²) in [6.07, 6.45) is 2.22. The number of hydrogen-bond donors (Lipinski definition) is 0. The van der Waals surface area contributed by atoms with Gasteiger partial charge in [0.15, 0.2) is 0 Å². The van der Waals surface area contributed by atoms with Crippen molar-refractivity contribution in [1.82, 2.24) is 9.88 Å². The monoisotopic (exact) mass is 345 g/mol. The van der Waals surface area contributed by atoms with E-state index in [-0.39, 0.29) is 11.7 Å². The van der Waals surface area contributed by atoms with E-state index < -0.39 is 0 Å². The Morgan fingerprint density at radius 1 is 1.08 bits per heavy atom. The molecular formula is C18H20FN3OS. The van der Waals surface area contributed by atoms with Gasteiger partial charge in [0.1, 0.15) is 11.6 Å². The number of aromatic nitrogens is 1. The molecule has 0 N–H and O–H groups in total. The zero-order chi connectivity index (χ0) is 16.8. The van der Waals surface area contributed by atoms with Gasteiger partial charge in [0.2, 0.25) is 5.91 Å². The van der Waals surface area contributed by atoms with Gasteiger partial charge in [0.05, 0.1) is 0 Å². The van der Waals surface area contributed by atoms with Crippen LogP contribution in [0.25, 0.3) is 0 Å². The van der Waals surface area contributed by atoms with E-state index in [9.17, 15) is 9.18 Å². The van der Waals surface area contributed by atoms with E-state index in [1.54, 1.807) is 18.3 Å². The maximum absolute atomic E-state index is 13.5. The molecule has 1 amide bonds. The summed E-state index contributed by atoms with van der Waals surface area (Å²) in [4.78, 5) is 21.3. The predicted octanol–water partition coefficient (Wildman–Crippen LogP) is 3.05. The van der Waals surface area contributed by atoms with Crippen molar-refractivity contribution in [3.63, 3.8) is 0 Å². The fourth-order valence-electron chi connectivity index (χ4n) is 2.69. The molecule has 0 bridgehead atoms. The third-order valence-corrected chi connectivity index (χ3v) is 5.07. The maximum Gasteiger partial charge on any atom is 0.223 e. The highest BCUT2D eigenvalue weighted by Gasteiger charge is 2.21. The summed E-state index contributed by atoms with van der Waals surface area (Å²) >= 11 is 1.39. The molecular weight excluding hydrogens is 325 g/mol. The molecule has 1 fully saturated rings. The molecule has 0 saturated carbocycles. The second-order valence-corrected chi connectivity index (χ2v) is 6.72. The number of carbonyl (C=O) groups excluding carboxylic acids is 1. The Balaban J connectivity index is 1.43. The van der Waals surface area contributed by atoms with Crippen molar-refractivity contribution in [3.05, 3.63) is 54.5 Å². The van der Waals surface area contributed by atoms with Gasteiger partial charge in [-0.25, -0.2) is 9.37 Å². The summed E-state index contributed by atoms with van der Waals surface area (Å²) < 4.78 is 13.5. The van der Waals surface area contributed by atoms with Crippen LogP contribution in [0.3, 0.4) is 0 Å². The third-order valence-electron chi connectivity index (χ3n) is 4.02. The quantitative estimate of drug-likeness (QED) is 0.781. The van der Waals surface area contributed by atoms with Crippen molar-refractivity contribution in [2.45, 2.75) is 11.3 Å². The molecule has 24 heavy (non-hydrogen) atoms. The molecule has 3 rings (SSSR count). The Bertz CT molecular complexity index is 675. The van der Waals surface area contributed by atoms with E-state index in [2.05, 4.69) is 9.88 Å². The van der Waals surface area contributed by atoms with Crippen LogP contribution >= 0.6 is 11.8 Å². The van der Waals surface area contributed by atoms with E-state index in [1.165, 1.54) is 17.8 Å². The molecule has 1 aliphatic heterocycles. The molecule has 0 atom stereocenters. The lowest BCUT2D eigenvalue weighted by molar-refractivity contribution is -0.131. The minimum absolute atomic E-state index is 0.138. The second kappa shape index (κ2) is 8.15. The van der Waals surface area contributed by atoms with Crippen molar-refractivity contribution in [1.29, 1.82) is 0 Å². The molecule has 126 valence electrons. The SMILES string of the molecule is O=C(CCSc1ccccc1F)N1CCN(c2ccccn2)CC1. The Kier molecular flexibility index (Phi) is 5.69. The van der Waals surface area contributed by atoms with Gasteiger partial charge in [0, 0.05) is 49.4 Å². The number of hydrogen-bond acceptors (Lipinski definition) is 4. The van der Waals surface area contributed by atoms with Crippen LogP contribution in [0, 0.1) is 5.82 Å². The predicted molar refractivity (Wildman–Crippen MR) is 94.8 cm³/mol. The lowest BCUT2D eigenvalue weighted by Crippen LogP contribution is -2.49. The number of anilines is 1. The highest BCUT2D eigenvalue weighted by Crippen LogP contribution is 2.22. The highest BCUT2D eigenvalue weighted by molar-refractivity contribution is 7.99. The van der Waals surface area contributed by atoms with Crippen molar-refractivity contribution >= 4 is 23.5 Å². The van der Waals surface area contributed by atoms with Crippen LogP contribution in [0.15, 0.2) is 53.6 Å². The summed E-state index contributed by atoms with van der Waals surface area (Å²) in [5, 5.41) is 0. The van der Waals surface area contributed by atoms with Gasteiger partial charge in [-0.2, -0.15) is 0 Å². The van der Waals surface area contributed by atoms with Gasteiger partial charge in [-0.1, -0.05) is 18.2 Å². The number of carbonyl (C=O) groups is 1. The molecule has 2 aromatic rings. The molecule has 2 heterocycles. The zero-order valence-corrected chi connectivity index (χ0v) is 14.2. The summed E-state index contributed by atoms with van der Waals surface area (Å²) in [7, 11) is 0. The number of rotatable bonds is 5. The fourth-order valence-corrected chi connectivity index (χ4v) is 3.57. The maximum atomic E-state index is 13.5. The molecule has 4 nitrogen and oxygen atoms in total. The summed E-state index contributed by atoms with van der Waals surface area (Å²) in [5.74, 6) is 1.47. The topological polar surface area (TPSA) is 36.4 Å². The molecule has 6 heteroatoms. The first-order valence-corrected chi connectivity index (χ1v) is 9.04. The van der Waals surface area contributed by atoms with Crippen molar-refractivity contribution in [2.24, 2.45) is 0 Å². The fraction of sp³-hybridized carbons (Fsp3) is 0.333. The summed E-state index contributed by atoms with van der Waals surface area (Å²) in [6, 6.07) is 12.5. The van der Waals surface area contributed by atoms with E-state index in [0.717, 1.165) is 18.9 Å². The van der Waals surface area contributed by atoms with Crippen LogP contribution in [-0.4, -0.2) is 47.7 Å². The van der Waals surface area contributed by atoms with Gasteiger partial charge >= 0.3 is 0 Å². The van der Waals surface area contributed by atoms with Gasteiger partial charge < -0.3 is 9.80 Å². The first-order chi connectivity index (χ1) is 11.7.